The molecule has 0 radical (unpaired) electrons. The van der Waals surface area contributed by atoms with E-state index in [1.807, 2.05) is 23.9 Å². The molecule has 1 aliphatic carbocycles. The van der Waals surface area contributed by atoms with E-state index in [1.54, 1.807) is 0 Å². The molecular formula is C16H22OS. The molecule has 2 rings (SSSR count). The third-order valence-electron chi connectivity index (χ3n) is 3.68. The van der Waals surface area contributed by atoms with E-state index in [1.165, 1.54) is 43.2 Å². The topological polar surface area (TPSA) is 17.1 Å². The van der Waals surface area contributed by atoms with Crippen molar-refractivity contribution >= 4 is 17.5 Å². The molecule has 0 saturated heterocycles. The molecule has 1 aliphatic rings. The van der Waals surface area contributed by atoms with Crippen LogP contribution in [0.5, 0.6) is 0 Å². The summed E-state index contributed by atoms with van der Waals surface area (Å²) >= 11 is 1.88. The van der Waals surface area contributed by atoms with E-state index in [4.69, 9.17) is 0 Å². The van der Waals surface area contributed by atoms with Gasteiger partial charge in [0.2, 0.25) is 0 Å². The molecule has 0 atom stereocenters. The van der Waals surface area contributed by atoms with Crippen molar-refractivity contribution < 1.29 is 4.79 Å². The molecule has 18 heavy (non-hydrogen) atoms. The number of benzene rings is 1. The predicted octanol–water partition coefficient (Wildman–Crippen LogP) is 4.17. The Hall–Kier alpha value is -0.760. The van der Waals surface area contributed by atoms with Gasteiger partial charge in [0.15, 0.2) is 0 Å². The van der Waals surface area contributed by atoms with Crippen LogP contribution in [0, 0.1) is 6.92 Å². The molecule has 1 aromatic rings. The Balaban J connectivity index is 1.76. The largest absolute Gasteiger partial charge is 0.298 e. The van der Waals surface area contributed by atoms with Crippen molar-refractivity contribution in [3.8, 4) is 0 Å². The zero-order chi connectivity index (χ0) is 12.8. The summed E-state index contributed by atoms with van der Waals surface area (Å²) in [5.74, 6) is 1.07. The highest BCUT2D eigenvalue weighted by Crippen LogP contribution is 2.28. The normalized spacial score (nSPS) is 16.7. The molecule has 1 aromatic carbocycles. The van der Waals surface area contributed by atoms with Gasteiger partial charge in [-0.1, -0.05) is 43.5 Å². The minimum atomic E-state index is 0.375. The first-order chi connectivity index (χ1) is 8.75. The third kappa shape index (κ3) is 4.16. The average Bonchev–Trinajstić information content (AvgIpc) is 2.40. The van der Waals surface area contributed by atoms with Gasteiger partial charge in [0.1, 0.15) is 5.78 Å². The fourth-order valence-corrected chi connectivity index (χ4v) is 3.70. The van der Waals surface area contributed by atoms with Crippen LogP contribution in [0.25, 0.3) is 0 Å². The summed E-state index contributed by atoms with van der Waals surface area (Å²) < 4.78 is 0. The second-order valence-corrected chi connectivity index (χ2v) is 6.50. The van der Waals surface area contributed by atoms with Gasteiger partial charge in [-0.2, -0.15) is 11.8 Å². The minimum absolute atomic E-state index is 0.375. The molecule has 2 heteroatoms. The summed E-state index contributed by atoms with van der Waals surface area (Å²) in [6, 6.07) is 8.19. The second-order valence-electron chi connectivity index (χ2n) is 5.21. The number of aryl methyl sites for hydroxylation is 1. The molecule has 1 fully saturated rings. The Bertz CT molecular complexity index is 394. The van der Waals surface area contributed by atoms with Crippen LogP contribution in [-0.4, -0.2) is 16.8 Å². The number of Topliss-reactive ketones (excluding diaryl/α,β-unsaturated/α-hetero) is 1. The fraction of sp³-hybridized carbons (Fsp3) is 0.562. The quantitative estimate of drug-likeness (QED) is 0.792. The molecule has 0 aliphatic heterocycles. The number of carbonyl (C=O) groups excluding carboxylic acids is 1. The van der Waals surface area contributed by atoms with Crippen molar-refractivity contribution in [3.63, 3.8) is 0 Å². The maximum Gasteiger partial charge on any atom is 0.147 e. The maximum absolute atomic E-state index is 12.0. The van der Waals surface area contributed by atoms with Crippen LogP contribution in [0.15, 0.2) is 24.3 Å². The summed E-state index contributed by atoms with van der Waals surface area (Å²) in [5.41, 5.74) is 2.42. The van der Waals surface area contributed by atoms with Crippen LogP contribution < -0.4 is 0 Å². The lowest BCUT2D eigenvalue weighted by atomic mass is 10.0. The molecule has 0 heterocycles. The van der Waals surface area contributed by atoms with Crippen molar-refractivity contribution in [1.82, 2.24) is 0 Å². The predicted molar refractivity (Wildman–Crippen MR) is 79.2 cm³/mol. The van der Waals surface area contributed by atoms with Crippen LogP contribution in [-0.2, 0) is 11.2 Å². The number of rotatable bonds is 5. The van der Waals surface area contributed by atoms with Crippen molar-refractivity contribution in [3.05, 3.63) is 35.4 Å². The highest BCUT2D eigenvalue weighted by atomic mass is 32.2. The zero-order valence-corrected chi connectivity index (χ0v) is 12.0. The smallest absolute Gasteiger partial charge is 0.147 e. The van der Waals surface area contributed by atoms with E-state index in [-0.39, 0.29) is 0 Å². The Labute approximate surface area is 114 Å². The number of thioether (sulfide) groups is 1. The molecule has 1 saturated carbocycles. The van der Waals surface area contributed by atoms with Gasteiger partial charge < -0.3 is 0 Å². The maximum atomic E-state index is 12.0. The second kappa shape index (κ2) is 6.98. The molecular weight excluding hydrogens is 240 g/mol. The van der Waals surface area contributed by atoms with Gasteiger partial charge in [0, 0.05) is 11.7 Å². The first-order valence-corrected chi connectivity index (χ1v) is 7.98. The van der Waals surface area contributed by atoms with Crippen LogP contribution in [0.3, 0.4) is 0 Å². The van der Waals surface area contributed by atoms with Gasteiger partial charge in [0.05, 0.1) is 5.75 Å². The molecule has 98 valence electrons. The number of hydrogen-bond donors (Lipinski definition) is 0. The Morgan fingerprint density at radius 1 is 1.22 bits per heavy atom. The van der Waals surface area contributed by atoms with Crippen LogP contribution in [0.2, 0.25) is 0 Å². The number of hydrogen-bond acceptors (Lipinski definition) is 2. The Kier molecular flexibility index (Phi) is 5.30. The number of ketones is 1. The molecule has 0 spiro atoms. The first-order valence-electron chi connectivity index (χ1n) is 6.93. The summed E-state index contributed by atoms with van der Waals surface area (Å²) in [6.07, 6.45) is 7.30. The summed E-state index contributed by atoms with van der Waals surface area (Å²) in [7, 11) is 0. The fourth-order valence-electron chi connectivity index (χ4n) is 2.51. The average molecular weight is 262 g/mol. The summed E-state index contributed by atoms with van der Waals surface area (Å²) in [4.78, 5) is 12.0. The van der Waals surface area contributed by atoms with Gasteiger partial charge in [-0.05, 0) is 30.9 Å². The van der Waals surface area contributed by atoms with E-state index in [2.05, 4.69) is 19.1 Å². The van der Waals surface area contributed by atoms with Crippen LogP contribution >= 0.6 is 11.8 Å². The van der Waals surface area contributed by atoms with Crippen LogP contribution in [0.1, 0.15) is 43.2 Å². The lowest BCUT2D eigenvalue weighted by molar-refractivity contribution is -0.116. The summed E-state index contributed by atoms with van der Waals surface area (Å²) in [6.45, 7) is 2.08. The summed E-state index contributed by atoms with van der Waals surface area (Å²) in [5, 5.41) is 0.736. The van der Waals surface area contributed by atoms with E-state index in [0.717, 1.165) is 5.25 Å². The SMILES string of the molecule is Cc1ccccc1CC(=O)CSC1CCCCC1. The standard InChI is InChI=1S/C16H22OS/c1-13-7-5-6-8-14(13)11-15(17)12-18-16-9-3-2-4-10-16/h5-8,16H,2-4,9-12H2,1H3. The third-order valence-corrected chi connectivity index (χ3v) is 5.11. The molecule has 0 unspecified atom stereocenters. The van der Waals surface area contributed by atoms with E-state index < -0.39 is 0 Å². The zero-order valence-electron chi connectivity index (χ0n) is 11.2. The Morgan fingerprint density at radius 3 is 2.67 bits per heavy atom. The Morgan fingerprint density at radius 2 is 1.94 bits per heavy atom. The van der Waals surface area contributed by atoms with Gasteiger partial charge in [-0.25, -0.2) is 0 Å². The van der Waals surface area contributed by atoms with Crippen molar-refractivity contribution in [2.24, 2.45) is 0 Å². The van der Waals surface area contributed by atoms with Crippen molar-refractivity contribution in [2.45, 2.75) is 50.7 Å². The van der Waals surface area contributed by atoms with Gasteiger partial charge in [-0.15, -0.1) is 0 Å². The lowest BCUT2D eigenvalue weighted by Crippen LogP contribution is -2.13. The van der Waals surface area contributed by atoms with E-state index in [0.29, 0.717) is 18.0 Å². The molecule has 0 aromatic heterocycles. The lowest BCUT2D eigenvalue weighted by Gasteiger charge is -2.20. The van der Waals surface area contributed by atoms with E-state index in [9.17, 15) is 4.79 Å². The molecule has 0 amide bonds. The molecule has 0 bridgehead atoms. The van der Waals surface area contributed by atoms with Crippen LogP contribution in [0.4, 0.5) is 0 Å². The van der Waals surface area contributed by atoms with Gasteiger partial charge in [0.25, 0.3) is 0 Å². The molecule has 1 nitrogen and oxygen atoms in total. The highest BCUT2D eigenvalue weighted by Gasteiger charge is 2.15. The molecule has 0 N–H and O–H groups in total. The van der Waals surface area contributed by atoms with Crippen molar-refractivity contribution in [1.29, 1.82) is 0 Å². The highest BCUT2D eigenvalue weighted by molar-refractivity contribution is 8.00. The first kappa shape index (κ1) is 13.7. The number of carbonyl (C=O) groups is 1. The monoisotopic (exact) mass is 262 g/mol. The van der Waals surface area contributed by atoms with Crippen molar-refractivity contribution in [2.75, 3.05) is 5.75 Å². The van der Waals surface area contributed by atoms with Gasteiger partial charge in [-0.3, -0.25) is 4.79 Å². The van der Waals surface area contributed by atoms with E-state index >= 15 is 0 Å². The minimum Gasteiger partial charge on any atom is -0.298 e. The van der Waals surface area contributed by atoms with Gasteiger partial charge >= 0.3 is 0 Å².